The topological polar surface area (TPSA) is 84.0 Å². The highest BCUT2D eigenvalue weighted by molar-refractivity contribution is 5.93. The number of rotatable bonds is 4. The molecule has 0 aliphatic heterocycles. The molecule has 0 bridgehead atoms. The molecule has 0 saturated heterocycles. The van der Waals surface area contributed by atoms with Gasteiger partial charge in [-0.1, -0.05) is 18.2 Å². The van der Waals surface area contributed by atoms with E-state index in [9.17, 15) is 18.8 Å². The Labute approximate surface area is 124 Å². The van der Waals surface area contributed by atoms with Gasteiger partial charge in [0.2, 0.25) is 0 Å². The van der Waals surface area contributed by atoms with E-state index in [1.165, 1.54) is 18.2 Å². The van der Waals surface area contributed by atoms with Crippen molar-refractivity contribution in [2.24, 2.45) is 0 Å². The third kappa shape index (κ3) is 2.83. The lowest BCUT2D eigenvalue weighted by Gasteiger charge is -2.08. The summed E-state index contributed by atoms with van der Waals surface area (Å²) in [4.78, 5) is 38.5. The fourth-order valence-electron chi connectivity index (χ4n) is 2.11. The molecular weight excluding hydrogens is 289 g/mol. The quantitative estimate of drug-likeness (QED) is 0.868. The smallest absolute Gasteiger partial charge is 0.328 e. The second-order valence-corrected chi connectivity index (χ2v) is 5.24. The van der Waals surface area contributed by atoms with Crippen molar-refractivity contribution in [1.82, 2.24) is 14.9 Å². The molecule has 1 amide bonds. The first kappa shape index (κ1) is 14.2. The minimum Gasteiger partial charge on any atom is -0.349 e. The van der Waals surface area contributed by atoms with Gasteiger partial charge in [0.1, 0.15) is 11.4 Å². The highest BCUT2D eigenvalue weighted by Crippen LogP contribution is 2.18. The molecule has 7 heteroatoms. The van der Waals surface area contributed by atoms with Gasteiger partial charge in [0.05, 0.1) is 6.54 Å². The molecule has 1 aromatic heterocycles. The first-order valence-corrected chi connectivity index (χ1v) is 6.93. The average molecular weight is 303 g/mol. The molecule has 114 valence electrons. The lowest BCUT2D eigenvalue weighted by molar-refractivity contribution is 0.0948. The highest BCUT2D eigenvalue weighted by Gasteiger charge is 2.25. The number of carbonyl (C=O) groups excluding carboxylic acids is 1. The SMILES string of the molecule is O=C(NC1CC1)c1c[nH]c(=O)n(Cc2ccccc2F)c1=O. The first-order chi connectivity index (χ1) is 10.6. The highest BCUT2D eigenvalue weighted by atomic mass is 19.1. The average Bonchev–Trinajstić information content (AvgIpc) is 3.29. The largest absolute Gasteiger partial charge is 0.349 e. The summed E-state index contributed by atoms with van der Waals surface area (Å²) < 4.78 is 14.5. The Morgan fingerprint density at radius 3 is 2.73 bits per heavy atom. The van der Waals surface area contributed by atoms with Crippen molar-refractivity contribution >= 4 is 5.91 Å². The predicted octanol–water partition coefficient (Wildman–Crippen LogP) is 0.616. The van der Waals surface area contributed by atoms with E-state index in [1.807, 2.05) is 0 Å². The van der Waals surface area contributed by atoms with E-state index >= 15 is 0 Å². The van der Waals surface area contributed by atoms with E-state index in [1.54, 1.807) is 6.07 Å². The van der Waals surface area contributed by atoms with Crippen LogP contribution in [-0.4, -0.2) is 21.5 Å². The normalized spacial score (nSPS) is 13.9. The molecule has 0 radical (unpaired) electrons. The molecule has 3 rings (SSSR count). The van der Waals surface area contributed by atoms with Gasteiger partial charge in [0, 0.05) is 17.8 Å². The second kappa shape index (κ2) is 5.59. The van der Waals surface area contributed by atoms with Crippen molar-refractivity contribution < 1.29 is 9.18 Å². The summed E-state index contributed by atoms with van der Waals surface area (Å²) in [6.45, 7) is -0.231. The number of nitrogens with zero attached hydrogens (tertiary/aromatic N) is 1. The van der Waals surface area contributed by atoms with E-state index < -0.39 is 23.0 Å². The molecule has 1 aliphatic carbocycles. The Morgan fingerprint density at radius 2 is 2.05 bits per heavy atom. The van der Waals surface area contributed by atoms with Crippen LogP contribution in [0.4, 0.5) is 4.39 Å². The van der Waals surface area contributed by atoms with E-state index in [4.69, 9.17) is 0 Å². The number of aromatic nitrogens is 2. The Balaban J connectivity index is 1.97. The third-order valence-corrected chi connectivity index (χ3v) is 3.50. The van der Waals surface area contributed by atoms with Crippen LogP contribution in [0.25, 0.3) is 0 Å². The van der Waals surface area contributed by atoms with Crippen LogP contribution in [0, 0.1) is 5.82 Å². The molecule has 1 fully saturated rings. The van der Waals surface area contributed by atoms with Gasteiger partial charge in [0.15, 0.2) is 0 Å². The number of aromatic amines is 1. The molecular formula is C15H14FN3O3. The molecule has 1 heterocycles. The van der Waals surface area contributed by atoms with Gasteiger partial charge in [-0.25, -0.2) is 9.18 Å². The number of hydrogen-bond donors (Lipinski definition) is 2. The Morgan fingerprint density at radius 1 is 1.32 bits per heavy atom. The van der Waals surface area contributed by atoms with Crippen LogP contribution >= 0.6 is 0 Å². The monoisotopic (exact) mass is 303 g/mol. The van der Waals surface area contributed by atoms with Crippen molar-refractivity contribution in [3.8, 4) is 0 Å². The third-order valence-electron chi connectivity index (χ3n) is 3.50. The van der Waals surface area contributed by atoms with E-state index in [0.717, 1.165) is 23.6 Å². The number of benzene rings is 1. The van der Waals surface area contributed by atoms with Crippen LogP contribution in [0.2, 0.25) is 0 Å². The van der Waals surface area contributed by atoms with Crippen LogP contribution in [0.5, 0.6) is 0 Å². The number of halogens is 1. The molecule has 1 saturated carbocycles. The number of H-pyrrole nitrogens is 1. The van der Waals surface area contributed by atoms with Crippen molar-refractivity contribution in [1.29, 1.82) is 0 Å². The summed E-state index contributed by atoms with van der Waals surface area (Å²) in [5, 5.41) is 2.68. The van der Waals surface area contributed by atoms with E-state index in [2.05, 4.69) is 10.3 Å². The molecule has 0 atom stereocenters. The zero-order valence-corrected chi connectivity index (χ0v) is 11.6. The molecule has 0 spiro atoms. The summed E-state index contributed by atoms with van der Waals surface area (Å²) in [5.41, 5.74) is -1.36. The van der Waals surface area contributed by atoms with Crippen molar-refractivity contribution in [3.63, 3.8) is 0 Å². The molecule has 6 nitrogen and oxygen atoms in total. The molecule has 1 aromatic carbocycles. The maximum Gasteiger partial charge on any atom is 0.328 e. The fourth-order valence-corrected chi connectivity index (χ4v) is 2.11. The van der Waals surface area contributed by atoms with Gasteiger partial charge >= 0.3 is 5.69 Å². The Hall–Kier alpha value is -2.70. The number of carbonyl (C=O) groups is 1. The minimum absolute atomic E-state index is 0.0962. The zero-order chi connectivity index (χ0) is 15.7. The molecule has 22 heavy (non-hydrogen) atoms. The van der Waals surface area contributed by atoms with E-state index in [-0.39, 0.29) is 23.7 Å². The zero-order valence-electron chi connectivity index (χ0n) is 11.6. The van der Waals surface area contributed by atoms with Gasteiger partial charge in [-0.05, 0) is 18.9 Å². The van der Waals surface area contributed by atoms with Crippen molar-refractivity contribution in [2.45, 2.75) is 25.4 Å². The fraction of sp³-hybridized carbons (Fsp3) is 0.267. The maximum atomic E-state index is 13.7. The van der Waals surface area contributed by atoms with Gasteiger partial charge in [-0.15, -0.1) is 0 Å². The van der Waals surface area contributed by atoms with Crippen LogP contribution in [-0.2, 0) is 6.54 Å². The predicted molar refractivity (Wildman–Crippen MR) is 77.3 cm³/mol. The van der Waals surface area contributed by atoms with Crippen LogP contribution in [0.15, 0.2) is 40.1 Å². The molecule has 1 aliphatic rings. The summed E-state index contributed by atoms with van der Waals surface area (Å²) >= 11 is 0. The molecule has 2 N–H and O–H groups in total. The summed E-state index contributed by atoms with van der Waals surface area (Å²) in [6.07, 6.45) is 2.87. The van der Waals surface area contributed by atoms with Gasteiger partial charge in [-0.3, -0.25) is 14.2 Å². The van der Waals surface area contributed by atoms with Gasteiger partial charge in [0.25, 0.3) is 11.5 Å². The van der Waals surface area contributed by atoms with Crippen LogP contribution in [0.3, 0.4) is 0 Å². The number of nitrogens with one attached hydrogen (secondary N) is 2. The summed E-state index contributed by atoms with van der Waals surface area (Å²) in [7, 11) is 0. The minimum atomic E-state index is -0.731. The lowest BCUT2D eigenvalue weighted by Crippen LogP contribution is -2.41. The Bertz CT molecular complexity index is 836. The lowest BCUT2D eigenvalue weighted by atomic mass is 10.2. The van der Waals surface area contributed by atoms with Crippen molar-refractivity contribution in [3.05, 3.63) is 68.2 Å². The summed E-state index contributed by atoms with van der Waals surface area (Å²) in [5.74, 6) is -1.03. The van der Waals surface area contributed by atoms with Crippen molar-refractivity contribution in [2.75, 3.05) is 0 Å². The Kier molecular flexibility index (Phi) is 3.62. The van der Waals surface area contributed by atoms with Gasteiger partial charge < -0.3 is 10.3 Å². The number of hydrogen-bond acceptors (Lipinski definition) is 3. The van der Waals surface area contributed by atoms with Crippen LogP contribution in [0.1, 0.15) is 28.8 Å². The molecule has 2 aromatic rings. The first-order valence-electron chi connectivity index (χ1n) is 6.93. The second-order valence-electron chi connectivity index (χ2n) is 5.24. The van der Waals surface area contributed by atoms with Gasteiger partial charge in [-0.2, -0.15) is 0 Å². The standard InChI is InChI=1S/C15H14FN3O3/c16-12-4-2-1-3-9(12)8-19-14(21)11(7-17-15(19)22)13(20)18-10-5-6-10/h1-4,7,10H,5-6,8H2,(H,17,22)(H,18,20). The molecule has 0 unspecified atom stereocenters. The van der Waals surface area contributed by atoms with E-state index in [0.29, 0.717) is 0 Å². The summed E-state index contributed by atoms with van der Waals surface area (Å²) in [6, 6.07) is 5.96. The number of amides is 1. The van der Waals surface area contributed by atoms with Crippen LogP contribution < -0.4 is 16.6 Å². The maximum absolute atomic E-state index is 13.7.